The molecule has 1 aliphatic carbocycles. The molecule has 0 saturated carbocycles. The zero-order valence-corrected chi connectivity index (χ0v) is 5.91. The van der Waals surface area contributed by atoms with Gasteiger partial charge in [-0.3, -0.25) is 0 Å². The van der Waals surface area contributed by atoms with Gasteiger partial charge < -0.3 is 0 Å². The molecular weight excluding hydrogens is 171 g/mol. The fraction of sp³-hybridized carbons (Fsp3) is 0.333. The molecule has 0 aromatic rings. The van der Waals surface area contributed by atoms with E-state index in [1.807, 2.05) is 6.08 Å². The third-order valence-electron chi connectivity index (χ3n) is 1.02. The molecule has 0 aliphatic heterocycles. The third-order valence-corrected chi connectivity index (χ3v) is 1.57. The van der Waals surface area contributed by atoms with Gasteiger partial charge in [0.1, 0.15) is 5.83 Å². The summed E-state index contributed by atoms with van der Waals surface area (Å²) in [7, 11) is 0. The average Bonchev–Trinajstić information content (AvgIpc) is 1.64. The topological polar surface area (TPSA) is 0 Å². The lowest BCUT2D eigenvalue weighted by Gasteiger charge is -1.99. The molecule has 0 unspecified atom stereocenters. The van der Waals surface area contributed by atoms with Gasteiger partial charge in [-0.25, -0.2) is 4.39 Å². The van der Waals surface area contributed by atoms with Gasteiger partial charge in [0, 0.05) is 10.9 Å². The summed E-state index contributed by atoms with van der Waals surface area (Å²) in [6, 6.07) is 0. The summed E-state index contributed by atoms with van der Waals surface area (Å²) in [6.45, 7) is 0. The second-order valence-electron chi connectivity index (χ2n) is 1.72. The van der Waals surface area contributed by atoms with E-state index in [2.05, 4.69) is 15.9 Å². The van der Waals surface area contributed by atoms with E-state index >= 15 is 0 Å². The van der Waals surface area contributed by atoms with Crippen LogP contribution in [0.2, 0.25) is 0 Å². The molecule has 1 rings (SSSR count). The van der Waals surface area contributed by atoms with Gasteiger partial charge in [-0.1, -0.05) is 22.0 Å². The Morgan fingerprint density at radius 2 is 2.38 bits per heavy atom. The van der Waals surface area contributed by atoms with E-state index in [4.69, 9.17) is 0 Å². The fourth-order valence-corrected chi connectivity index (χ4v) is 1.11. The van der Waals surface area contributed by atoms with E-state index in [1.165, 1.54) is 6.08 Å². The first-order chi connectivity index (χ1) is 3.79. The van der Waals surface area contributed by atoms with Gasteiger partial charge in [-0.15, -0.1) is 0 Å². The molecule has 0 N–H and O–H groups in total. The summed E-state index contributed by atoms with van der Waals surface area (Å²) in [4.78, 5) is 0. The van der Waals surface area contributed by atoms with Crippen LogP contribution in [0, 0.1) is 0 Å². The van der Waals surface area contributed by atoms with Crippen LogP contribution in [0.3, 0.4) is 0 Å². The number of allylic oxidation sites excluding steroid dienone is 4. The van der Waals surface area contributed by atoms with Crippen molar-refractivity contribution in [1.29, 1.82) is 0 Å². The zero-order valence-electron chi connectivity index (χ0n) is 4.32. The molecule has 0 amide bonds. The summed E-state index contributed by atoms with van der Waals surface area (Å²) >= 11 is 3.17. The van der Waals surface area contributed by atoms with Crippen LogP contribution in [0.15, 0.2) is 22.5 Å². The monoisotopic (exact) mass is 176 g/mol. The fourth-order valence-electron chi connectivity index (χ4n) is 0.629. The summed E-state index contributed by atoms with van der Waals surface area (Å²) in [5.74, 6) is -0.0284. The van der Waals surface area contributed by atoms with Crippen molar-refractivity contribution < 1.29 is 4.39 Å². The lowest BCUT2D eigenvalue weighted by molar-refractivity contribution is 0.587. The maximum absolute atomic E-state index is 12.2. The molecule has 0 nitrogen and oxygen atoms in total. The van der Waals surface area contributed by atoms with Gasteiger partial charge in [0.05, 0.1) is 0 Å². The van der Waals surface area contributed by atoms with Gasteiger partial charge in [-0.2, -0.15) is 0 Å². The molecule has 0 heterocycles. The molecule has 0 radical (unpaired) electrons. The first kappa shape index (κ1) is 6.02. The summed E-state index contributed by atoms with van der Waals surface area (Å²) < 4.78 is 13.1. The van der Waals surface area contributed by atoms with E-state index in [0.29, 0.717) is 6.42 Å². The van der Waals surface area contributed by atoms with Gasteiger partial charge in [0.15, 0.2) is 0 Å². The highest BCUT2D eigenvalue weighted by atomic mass is 79.9. The lowest BCUT2D eigenvalue weighted by atomic mass is 10.2. The van der Waals surface area contributed by atoms with Gasteiger partial charge in [0.2, 0.25) is 0 Å². The molecule has 8 heavy (non-hydrogen) atoms. The Balaban J connectivity index is 2.69. The van der Waals surface area contributed by atoms with Crippen LogP contribution in [0.1, 0.15) is 12.8 Å². The van der Waals surface area contributed by atoms with E-state index in [1.54, 1.807) is 0 Å². The van der Waals surface area contributed by atoms with Crippen molar-refractivity contribution in [2.75, 3.05) is 0 Å². The Labute approximate surface area is 56.2 Å². The van der Waals surface area contributed by atoms with Crippen LogP contribution >= 0.6 is 15.9 Å². The first-order valence-electron chi connectivity index (χ1n) is 2.51. The predicted molar refractivity (Wildman–Crippen MR) is 35.4 cm³/mol. The zero-order chi connectivity index (χ0) is 5.98. The Kier molecular flexibility index (Phi) is 1.84. The van der Waals surface area contributed by atoms with Crippen molar-refractivity contribution in [3.63, 3.8) is 0 Å². The minimum atomic E-state index is -0.0284. The second kappa shape index (κ2) is 2.44. The first-order valence-corrected chi connectivity index (χ1v) is 3.30. The maximum Gasteiger partial charge on any atom is 0.101 e. The van der Waals surface area contributed by atoms with E-state index < -0.39 is 0 Å². The minimum Gasteiger partial charge on any atom is -0.212 e. The van der Waals surface area contributed by atoms with Crippen LogP contribution in [0.5, 0.6) is 0 Å². The Bertz CT molecular complexity index is 147. The van der Waals surface area contributed by atoms with Gasteiger partial charge >= 0.3 is 0 Å². The largest absolute Gasteiger partial charge is 0.212 e. The predicted octanol–water partition coefficient (Wildman–Crippen LogP) is 2.91. The highest BCUT2D eigenvalue weighted by Gasteiger charge is 1.99. The summed E-state index contributed by atoms with van der Waals surface area (Å²) in [6.07, 6.45) is 4.85. The van der Waals surface area contributed by atoms with Crippen molar-refractivity contribution in [1.82, 2.24) is 0 Å². The van der Waals surface area contributed by atoms with Crippen LogP contribution < -0.4 is 0 Å². The Morgan fingerprint density at radius 1 is 1.62 bits per heavy atom. The van der Waals surface area contributed by atoms with E-state index in [9.17, 15) is 4.39 Å². The van der Waals surface area contributed by atoms with E-state index in [0.717, 1.165) is 10.9 Å². The number of hydrogen-bond donors (Lipinski definition) is 0. The van der Waals surface area contributed by atoms with Gasteiger partial charge in [0.25, 0.3) is 0 Å². The second-order valence-corrected chi connectivity index (χ2v) is 2.63. The van der Waals surface area contributed by atoms with E-state index in [-0.39, 0.29) is 5.83 Å². The molecule has 0 aromatic carbocycles. The normalized spacial score (nSPS) is 19.8. The molecular formula is C6H6BrF. The number of rotatable bonds is 0. The summed E-state index contributed by atoms with van der Waals surface area (Å²) in [5.41, 5.74) is 0. The number of hydrogen-bond acceptors (Lipinski definition) is 0. The van der Waals surface area contributed by atoms with Crippen molar-refractivity contribution in [2.24, 2.45) is 0 Å². The lowest BCUT2D eigenvalue weighted by Crippen LogP contribution is -1.81. The Hall–Kier alpha value is -0.110. The molecule has 2 heteroatoms. The van der Waals surface area contributed by atoms with Crippen molar-refractivity contribution >= 4 is 15.9 Å². The smallest absolute Gasteiger partial charge is 0.101 e. The molecule has 1 aliphatic rings. The third kappa shape index (κ3) is 1.44. The molecule has 0 fully saturated rings. The summed E-state index contributed by atoms with van der Waals surface area (Å²) in [5, 5.41) is 0. The highest BCUT2D eigenvalue weighted by molar-refractivity contribution is 9.11. The van der Waals surface area contributed by atoms with Crippen LogP contribution in [-0.4, -0.2) is 0 Å². The molecule has 44 valence electrons. The molecule has 0 atom stereocenters. The molecule has 0 saturated heterocycles. The van der Waals surface area contributed by atoms with Gasteiger partial charge in [-0.05, 0) is 12.5 Å². The molecule has 0 bridgehead atoms. The molecule has 0 spiro atoms. The SMILES string of the molecule is FC1=CC(Br)=CCC1. The maximum atomic E-state index is 12.2. The van der Waals surface area contributed by atoms with Crippen molar-refractivity contribution in [3.8, 4) is 0 Å². The van der Waals surface area contributed by atoms with Crippen LogP contribution in [0.4, 0.5) is 4.39 Å². The van der Waals surface area contributed by atoms with Crippen LogP contribution in [-0.2, 0) is 0 Å². The average molecular weight is 177 g/mol. The molecule has 0 aromatic heterocycles. The highest BCUT2D eigenvalue weighted by Crippen LogP contribution is 2.21. The quantitative estimate of drug-likeness (QED) is 0.533. The van der Waals surface area contributed by atoms with Crippen molar-refractivity contribution in [2.45, 2.75) is 12.8 Å². The Morgan fingerprint density at radius 3 is 2.75 bits per heavy atom. The minimum absolute atomic E-state index is 0.0284. The standard InChI is InChI=1S/C6H6BrF/c7-5-2-1-3-6(8)4-5/h2,4H,1,3H2. The van der Waals surface area contributed by atoms with Crippen LogP contribution in [0.25, 0.3) is 0 Å². The number of halogens is 2. The van der Waals surface area contributed by atoms with Crippen molar-refractivity contribution in [3.05, 3.63) is 22.5 Å².